The number of hydrogen-bond donors (Lipinski definition) is 1. The Morgan fingerprint density at radius 1 is 0.826 bits per heavy atom. The highest BCUT2D eigenvalue weighted by Crippen LogP contribution is 2.53. The summed E-state index contributed by atoms with van der Waals surface area (Å²) in [5.74, 6) is 0.0880. The fraction of sp³-hybridized carbons (Fsp3) is 0.419. The minimum atomic E-state index is -0.405. The second kappa shape index (κ2) is 16.9. The lowest BCUT2D eigenvalue weighted by molar-refractivity contribution is -0.127. The maximum absolute atomic E-state index is 12.6. The number of aliphatic hydroxyl groups excluding tert-OH is 1. The third-order valence-corrected chi connectivity index (χ3v) is 9.42. The van der Waals surface area contributed by atoms with E-state index in [0.29, 0.717) is 12.8 Å². The lowest BCUT2D eigenvalue weighted by Crippen LogP contribution is -2.41. The molecule has 1 N–H and O–H groups in total. The van der Waals surface area contributed by atoms with Gasteiger partial charge in [-0.15, -0.1) is 6.58 Å². The summed E-state index contributed by atoms with van der Waals surface area (Å²) < 4.78 is 5.41. The number of carbonyl (C=O) groups excluding carboxylic acids is 1. The van der Waals surface area contributed by atoms with Crippen molar-refractivity contribution in [1.29, 1.82) is 0 Å². The van der Waals surface area contributed by atoms with Crippen LogP contribution in [0.3, 0.4) is 0 Å². The van der Waals surface area contributed by atoms with Gasteiger partial charge >= 0.3 is 0 Å². The third-order valence-electron chi connectivity index (χ3n) is 9.42. The van der Waals surface area contributed by atoms with Gasteiger partial charge in [0.2, 0.25) is 0 Å². The highest BCUT2D eigenvalue weighted by molar-refractivity contribution is 6.00. The van der Waals surface area contributed by atoms with Crippen LogP contribution in [0, 0.1) is 16.2 Å². The molecule has 3 heteroatoms. The molecule has 0 amide bonds. The van der Waals surface area contributed by atoms with Crippen molar-refractivity contribution in [2.24, 2.45) is 16.2 Å². The highest BCUT2D eigenvalue weighted by Gasteiger charge is 2.45. The topological polar surface area (TPSA) is 46.5 Å². The first-order valence-electron chi connectivity index (χ1n) is 16.4. The zero-order valence-corrected chi connectivity index (χ0v) is 30.3. The molecule has 0 aromatic heterocycles. The van der Waals surface area contributed by atoms with Crippen LogP contribution in [0.2, 0.25) is 0 Å². The maximum Gasteiger partial charge on any atom is 0.187 e. The van der Waals surface area contributed by atoms with Crippen molar-refractivity contribution in [1.82, 2.24) is 0 Å². The molecule has 0 aromatic rings. The number of Topliss-reactive ketones (excluding diaryl/α,β-unsaturated/α-hetero) is 1. The quantitative estimate of drug-likeness (QED) is 0.174. The minimum absolute atomic E-state index is 0.0880. The molecule has 3 atom stereocenters. The summed E-state index contributed by atoms with van der Waals surface area (Å²) in [6.45, 7) is 25.2. The van der Waals surface area contributed by atoms with Gasteiger partial charge in [-0.2, -0.15) is 0 Å². The van der Waals surface area contributed by atoms with Crippen LogP contribution in [0.4, 0.5) is 0 Å². The normalized spacial score (nSPS) is 26.9. The fourth-order valence-electron chi connectivity index (χ4n) is 6.48. The highest BCUT2D eigenvalue weighted by atomic mass is 16.5. The van der Waals surface area contributed by atoms with Gasteiger partial charge in [0.05, 0.1) is 6.10 Å². The van der Waals surface area contributed by atoms with Gasteiger partial charge in [0.25, 0.3) is 0 Å². The molecule has 0 fully saturated rings. The van der Waals surface area contributed by atoms with Crippen LogP contribution in [0.5, 0.6) is 0 Å². The van der Waals surface area contributed by atoms with Crippen molar-refractivity contribution in [2.75, 3.05) is 7.11 Å². The van der Waals surface area contributed by atoms with Gasteiger partial charge in [0.15, 0.2) is 5.78 Å². The Bertz CT molecular complexity index is 1470. The van der Waals surface area contributed by atoms with Gasteiger partial charge in [-0.3, -0.25) is 4.79 Å². The summed E-state index contributed by atoms with van der Waals surface area (Å²) in [4.78, 5) is 12.6. The van der Waals surface area contributed by atoms with Gasteiger partial charge < -0.3 is 9.84 Å². The zero-order valence-electron chi connectivity index (χ0n) is 30.3. The molecule has 0 saturated carbocycles. The number of carbonyl (C=O) groups is 1. The Balaban J connectivity index is 1.98. The average Bonchev–Trinajstić information content (AvgIpc) is 2.96. The van der Waals surface area contributed by atoms with E-state index in [9.17, 15) is 9.90 Å². The van der Waals surface area contributed by atoms with Gasteiger partial charge in [-0.05, 0) is 76.4 Å². The second-order valence-electron chi connectivity index (χ2n) is 14.2. The SMILES string of the molecule is C=C[C@]1(/C=C/C(C)=C/C=C/C(C)=C/C=C/C=C(C)/C=C/C=C(C)/C=C/C2=C(C)C(=O)[C@@H](OC)CC2(C)C)C(C)=C[C@@H](O)CC1(C)C. The van der Waals surface area contributed by atoms with Crippen molar-refractivity contribution < 1.29 is 14.6 Å². The predicted octanol–water partition coefficient (Wildman–Crippen LogP) is 10.8. The Kier molecular flexibility index (Phi) is 14.2. The molecule has 46 heavy (non-hydrogen) atoms. The lowest BCUT2D eigenvalue weighted by Gasteiger charge is -2.48. The zero-order chi connectivity index (χ0) is 34.7. The summed E-state index contributed by atoms with van der Waals surface area (Å²) in [7, 11) is 1.61. The van der Waals surface area contributed by atoms with Crippen molar-refractivity contribution in [3.05, 3.63) is 143 Å². The summed E-state index contributed by atoms with van der Waals surface area (Å²) in [5, 5.41) is 10.2. The molecule has 0 aromatic carbocycles. The number of aliphatic hydroxyl groups is 1. The molecule has 0 spiro atoms. The van der Waals surface area contributed by atoms with Gasteiger partial charge in [0, 0.05) is 12.5 Å². The third kappa shape index (κ3) is 10.2. The first-order chi connectivity index (χ1) is 21.5. The van der Waals surface area contributed by atoms with Gasteiger partial charge in [-0.25, -0.2) is 0 Å². The van der Waals surface area contributed by atoms with Crippen molar-refractivity contribution >= 4 is 5.78 Å². The average molecular weight is 623 g/mol. The van der Waals surface area contributed by atoms with E-state index < -0.39 is 6.10 Å². The van der Waals surface area contributed by atoms with Crippen molar-refractivity contribution in [3.63, 3.8) is 0 Å². The van der Waals surface area contributed by atoms with Crippen molar-refractivity contribution in [2.45, 2.75) is 94.3 Å². The molecule has 2 rings (SSSR count). The molecule has 2 aliphatic carbocycles. The van der Waals surface area contributed by atoms with E-state index in [4.69, 9.17) is 4.74 Å². The van der Waals surface area contributed by atoms with E-state index in [1.54, 1.807) is 7.11 Å². The molecule has 0 aliphatic heterocycles. The Morgan fingerprint density at radius 2 is 1.33 bits per heavy atom. The van der Waals surface area contributed by atoms with Crippen LogP contribution >= 0.6 is 0 Å². The van der Waals surface area contributed by atoms with Crippen LogP contribution in [-0.2, 0) is 9.53 Å². The first kappa shape index (κ1) is 38.7. The minimum Gasteiger partial charge on any atom is -0.389 e. The van der Waals surface area contributed by atoms with Gasteiger partial charge in [-0.1, -0.05) is 153 Å². The molecule has 3 nitrogen and oxygen atoms in total. The summed E-state index contributed by atoms with van der Waals surface area (Å²) in [6.07, 6.45) is 34.0. The Labute approximate surface area is 280 Å². The monoisotopic (exact) mass is 622 g/mol. The lowest BCUT2D eigenvalue weighted by atomic mass is 9.56. The fourth-order valence-corrected chi connectivity index (χ4v) is 6.48. The number of ether oxygens (including phenoxy) is 1. The van der Waals surface area contributed by atoms with Crippen LogP contribution in [0.15, 0.2) is 143 Å². The maximum atomic E-state index is 12.6. The van der Waals surface area contributed by atoms with Crippen LogP contribution < -0.4 is 0 Å². The number of methoxy groups -OCH3 is 1. The first-order valence-corrected chi connectivity index (χ1v) is 16.4. The Morgan fingerprint density at radius 3 is 1.83 bits per heavy atom. The van der Waals surface area contributed by atoms with E-state index in [2.05, 4.69) is 154 Å². The smallest absolute Gasteiger partial charge is 0.187 e. The van der Waals surface area contributed by atoms with Crippen LogP contribution in [0.25, 0.3) is 0 Å². The van der Waals surface area contributed by atoms with E-state index in [-0.39, 0.29) is 28.1 Å². The van der Waals surface area contributed by atoms with E-state index in [1.807, 2.05) is 19.1 Å². The van der Waals surface area contributed by atoms with Crippen LogP contribution in [0.1, 0.15) is 82.1 Å². The molecule has 2 aliphatic rings. The van der Waals surface area contributed by atoms with Crippen LogP contribution in [-0.4, -0.2) is 30.2 Å². The predicted molar refractivity (Wildman–Crippen MR) is 198 cm³/mol. The molecule has 0 heterocycles. The second-order valence-corrected chi connectivity index (χ2v) is 14.2. The molecule has 0 unspecified atom stereocenters. The molecule has 0 radical (unpaired) electrons. The van der Waals surface area contributed by atoms with E-state index in [0.717, 1.165) is 39.0 Å². The molecule has 0 bridgehead atoms. The number of ketones is 1. The Hall–Kier alpha value is -3.53. The summed E-state index contributed by atoms with van der Waals surface area (Å²) in [6, 6.07) is 0. The standard InChI is InChI=1S/C43H58O3/c1-13-43(35(6)28-37(44)29-42(43,10)11)27-26-34(5)23-17-21-32(3)19-15-14-18-31(2)20-16-22-33(4)24-25-38-36(7)40(45)39(46-12)30-41(38,8)9/h13-28,37,39,44H,1,29-30H2,2-12H3/b15-14+,20-16+,21-17+,25-24+,27-26+,31-18+,32-19+,33-22+,34-23+/t37-,39+,43+/m1/s1. The molecular weight excluding hydrogens is 564 g/mol. The summed E-state index contributed by atoms with van der Waals surface area (Å²) in [5.41, 5.74) is 7.09. The number of rotatable bonds is 12. The molecule has 0 saturated heterocycles. The largest absolute Gasteiger partial charge is 0.389 e. The summed E-state index contributed by atoms with van der Waals surface area (Å²) >= 11 is 0. The number of allylic oxidation sites excluding steroid dienone is 21. The van der Waals surface area contributed by atoms with Crippen molar-refractivity contribution in [3.8, 4) is 0 Å². The molecule has 248 valence electrons. The number of hydrogen-bond acceptors (Lipinski definition) is 3. The van der Waals surface area contributed by atoms with E-state index in [1.165, 1.54) is 0 Å². The molecular formula is C43H58O3. The van der Waals surface area contributed by atoms with E-state index >= 15 is 0 Å². The van der Waals surface area contributed by atoms with Gasteiger partial charge in [0.1, 0.15) is 6.10 Å².